The molecule has 2 rings (SSSR count). The van der Waals surface area contributed by atoms with Crippen LogP contribution in [-0.2, 0) is 0 Å². The third kappa shape index (κ3) is 2.91. The fourth-order valence-corrected chi connectivity index (χ4v) is 2.25. The Labute approximate surface area is 123 Å². The molecule has 108 valence electrons. The van der Waals surface area contributed by atoms with E-state index in [1.165, 1.54) is 13.0 Å². The second kappa shape index (κ2) is 5.75. The number of nitro benzene ring substituents is 1. The number of carbonyl (C=O) groups excluding carboxylic acids is 1. The lowest BCUT2D eigenvalue weighted by Gasteiger charge is -2.22. The Bertz CT molecular complexity index is 710. The third-order valence-electron chi connectivity index (χ3n) is 3.42. The summed E-state index contributed by atoms with van der Waals surface area (Å²) in [6.07, 6.45) is 0. The van der Waals surface area contributed by atoms with E-state index in [0.717, 1.165) is 16.9 Å². The summed E-state index contributed by atoms with van der Waals surface area (Å²) in [7, 11) is 1.87. The summed E-state index contributed by atoms with van der Waals surface area (Å²) < 4.78 is 0. The van der Waals surface area contributed by atoms with Gasteiger partial charge in [-0.05, 0) is 37.6 Å². The van der Waals surface area contributed by atoms with Gasteiger partial charge in [0.1, 0.15) is 0 Å². The van der Waals surface area contributed by atoms with Crippen molar-refractivity contribution >= 4 is 22.8 Å². The maximum Gasteiger partial charge on any atom is 0.280 e. The molecule has 5 nitrogen and oxygen atoms in total. The first-order chi connectivity index (χ1) is 9.91. The molecule has 0 atom stereocenters. The SMILES string of the molecule is CC(=O)c1cc(N(C)c2ccccc2C)ccc1[N+](=O)[O-]. The van der Waals surface area contributed by atoms with Crippen LogP contribution < -0.4 is 4.90 Å². The van der Waals surface area contributed by atoms with E-state index in [-0.39, 0.29) is 17.0 Å². The maximum absolute atomic E-state index is 11.6. The number of rotatable bonds is 4. The van der Waals surface area contributed by atoms with Crippen molar-refractivity contribution in [2.45, 2.75) is 13.8 Å². The van der Waals surface area contributed by atoms with Crippen LogP contribution in [0.25, 0.3) is 0 Å². The van der Waals surface area contributed by atoms with E-state index < -0.39 is 4.92 Å². The van der Waals surface area contributed by atoms with E-state index in [2.05, 4.69) is 0 Å². The van der Waals surface area contributed by atoms with Crippen LogP contribution in [0.4, 0.5) is 17.1 Å². The summed E-state index contributed by atoms with van der Waals surface area (Å²) in [6, 6.07) is 12.4. The number of hydrogen-bond donors (Lipinski definition) is 0. The Morgan fingerprint density at radius 1 is 1.19 bits per heavy atom. The number of ketones is 1. The summed E-state index contributed by atoms with van der Waals surface area (Å²) in [6.45, 7) is 3.32. The summed E-state index contributed by atoms with van der Waals surface area (Å²) in [5.74, 6) is -0.318. The predicted octanol–water partition coefficient (Wildman–Crippen LogP) is 3.87. The Morgan fingerprint density at radius 3 is 2.43 bits per heavy atom. The van der Waals surface area contributed by atoms with Gasteiger partial charge < -0.3 is 4.90 Å². The van der Waals surface area contributed by atoms with Crippen molar-refractivity contribution in [3.8, 4) is 0 Å². The molecule has 0 aliphatic rings. The molecule has 0 N–H and O–H groups in total. The molecule has 0 heterocycles. The molecule has 0 saturated carbocycles. The van der Waals surface area contributed by atoms with Gasteiger partial charge in [-0.1, -0.05) is 18.2 Å². The molecule has 0 radical (unpaired) electrons. The Morgan fingerprint density at radius 2 is 1.86 bits per heavy atom. The molecule has 0 fully saturated rings. The molecule has 0 unspecified atom stereocenters. The number of anilines is 2. The number of benzene rings is 2. The highest BCUT2D eigenvalue weighted by Gasteiger charge is 2.19. The Balaban J connectivity index is 2.50. The second-order valence-corrected chi connectivity index (χ2v) is 4.86. The van der Waals surface area contributed by atoms with E-state index in [1.54, 1.807) is 12.1 Å². The predicted molar refractivity (Wildman–Crippen MR) is 82.3 cm³/mol. The monoisotopic (exact) mass is 284 g/mol. The fraction of sp³-hybridized carbons (Fsp3) is 0.188. The molecule has 0 aliphatic heterocycles. The van der Waals surface area contributed by atoms with Crippen molar-refractivity contribution in [3.05, 3.63) is 63.7 Å². The van der Waals surface area contributed by atoms with Gasteiger partial charge in [0, 0.05) is 24.5 Å². The van der Waals surface area contributed by atoms with Crippen LogP contribution in [0.2, 0.25) is 0 Å². The largest absolute Gasteiger partial charge is 0.344 e. The van der Waals surface area contributed by atoms with Crippen molar-refractivity contribution in [1.82, 2.24) is 0 Å². The molecule has 5 heteroatoms. The van der Waals surface area contributed by atoms with Crippen LogP contribution in [0, 0.1) is 17.0 Å². The highest BCUT2D eigenvalue weighted by Crippen LogP contribution is 2.30. The lowest BCUT2D eigenvalue weighted by molar-refractivity contribution is -0.385. The minimum Gasteiger partial charge on any atom is -0.344 e. The zero-order valence-corrected chi connectivity index (χ0v) is 12.2. The molecular weight excluding hydrogens is 268 g/mol. The zero-order valence-electron chi connectivity index (χ0n) is 12.2. The molecule has 0 aliphatic carbocycles. The van der Waals surface area contributed by atoms with Gasteiger partial charge in [-0.3, -0.25) is 14.9 Å². The Hall–Kier alpha value is -2.69. The number of Topliss-reactive ketones (excluding diaryl/α,β-unsaturated/α-hetero) is 1. The van der Waals surface area contributed by atoms with Crippen molar-refractivity contribution < 1.29 is 9.72 Å². The Kier molecular flexibility index (Phi) is 4.03. The van der Waals surface area contributed by atoms with Crippen LogP contribution in [0.5, 0.6) is 0 Å². The summed E-state index contributed by atoms with van der Waals surface area (Å²) in [5.41, 5.74) is 2.77. The van der Waals surface area contributed by atoms with Gasteiger partial charge in [-0.2, -0.15) is 0 Å². The molecule has 0 bridgehead atoms. The fourth-order valence-electron chi connectivity index (χ4n) is 2.25. The number of aryl methyl sites for hydroxylation is 1. The van der Waals surface area contributed by atoms with Gasteiger partial charge in [-0.25, -0.2) is 0 Å². The van der Waals surface area contributed by atoms with Crippen molar-refractivity contribution in [3.63, 3.8) is 0 Å². The third-order valence-corrected chi connectivity index (χ3v) is 3.42. The first kappa shape index (κ1) is 14.7. The first-order valence-corrected chi connectivity index (χ1v) is 6.50. The molecule has 0 spiro atoms. The molecule has 0 aromatic heterocycles. The van der Waals surface area contributed by atoms with E-state index >= 15 is 0 Å². The van der Waals surface area contributed by atoms with Crippen molar-refractivity contribution in [2.75, 3.05) is 11.9 Å². The first-order valence-electron chi connectivity index (χ1n) is 6.50. The number of nitro groups is 1. The normalized spacial score (nSPS) is 10.2. The molecule has 2 aromatic carbocycles. The van der Waals surface area contributed by atoms with Crippen LogP contribution >= 0.6 is 0 Å². The van der Waals surface area contributed by atoms with Gasteiger partial charge in [0.05, 0.1) is 10.5 Å². The van der Waals surface area contributed by atoms with Gasteiger partial charge in [0.2, 0.25) is 0 Å². The molecule has 2 aromatic rings. The summed E-state index contributed by atoms with van der Waals surface area (Å²) in [5, 5.41) is 11.0. The van der Waals surface area contributed by atoms with Gasteiger partial charge in [0.15, 0.2) is 5.78 Å². The second-order valence-electron chi connectivity index (χ2n) is 4.86. The van der Waals surface area contributed by atoms with E-state index in [1.807, 2.05) is 43.1 Å². The number of nitrogens with zero attached hydrogens (tertiary/aromatic N) is 2. The van der Waals surface area contributed by atoms with Crippen LogP contribution in [0.15, 0.2) is 42.5 Å². The van der Waals surface area contributed by atoms with Crippen molar-refractivity contribution in [2.24, 2.45) is 0 Å². The zero-order chi connectivity index (χ0) is 15.6. The molecule has 21 heavy (non-hydrogen) atoms. The molecular formula is C16H16N2O3. The summed E-state index contributed by atoms with van der Waals surface area (Å²) >= 11 is 0. The quantitative estimate of drug-likeness (QED) is 0.485. The smallest absolute Gasteiger partial charge is 0.280 e. The van der Waals surface area contributed by atoms with Crippen LogP contribution in [0.3, 0.4) is 0 Å². The van der Waals surface area contributed by atoms with Crippen LogP contribution in [0.1, 0.15) is 22.8 Å². The number of para-hydroxylation sites is 1. The average molecular weight is 284 g/mol. The minimum absolute atomic E-state index is 0.123. The lowest BCUT2D eigenvalue weighted by Crippen LogP contribution is -2.12. The molecule has 0 saturated heterocycles. The van der Waals surface area contributed by atoms with Crippen LogP contribution in [-0.4, -0.2) is 17.8 Å². The molecule has 0 amide bonds. The standard InChI is InChI=1S/C16H16N2O3/c1-11-6-4-5-7-15(11)17(3)13-8-9-16(18(20)21)14(10-13)12(2)19/h4-10H,1-3H3. The number of carbonyl (C=O) groups is 1. The average Bonchev–Trinajstić information content (AvgIpc) is 2.46. The van der Waals surface area contributed by atoms with Gasteiger partial charge in [0.25, 0.3) is 5.69 Å². The van der Waals surface area contributed by atoms with Gasteiger partial charge >= 0.3 is 0 Å². The van der Waals surface area contributed by atoms with Gasteiger partial charge in [-0.15, -0.1) is 0 Å². The van der Waals surface area contributed by atoms with E-state index in [4.69, 9.17) is 0 Å². The topological polar surface area (TPSA) is 63.5 Å². The maximum atomic E-state index is 11.6. The lowest BCUT2D eigenvalue weighted by atomic mass is 10.1. The van der Waals surface area contributed by atoms with E-state index in [9.17, 15) is 14.9 Å². The van der Waals surface area contributed by atoms with Crippen molar-refractivity contribution in [1.29, 1.82) is 0 Å². The highest BCUT2D eigenvalue weighted by molar-refractivity contribution is 5.99. The summed E-state index contributed by atoms with van der Waals surface area (Å²) in [4.78, 5) is 24.0. The highest BCUT2D eigenvalue weighted by atomic mass is 16.6. The van der Waals surface area contributed by atoms with E-state index in [0.29, 0.717) is 0 Å². The number of hydrogen-bond acceptors (Lipinski definition) is 4. The minimum atomic E-state index is -0.533.